The highest BCUT2D eigenvalue weighted by Crippen LogP contribution is 2.25. The fraction of sp³-hybridized carbons (Fsp3) is 0.588. The molecule has 0 heterocycles. The minimum Gasteiger partial charge on any atom is -0.481 e. The summed E-state index contributed by atoms with van der Waals surface area (Å²) in [5, 5.41) is 3.52. The molecule has 0 aromatic heterocycles. The van der Waals surface area contributed by atoms with E-state index in [2.05, 4.69) is 43.0 Å². The van der Waals surface area contributed by atoms with Crippen molar-refractivity contribution in [3.63, 3.8) is 0 Å². The van der Waals surface area contributed by atoms with Crippen molar-refractivity contribution in [2.75, 3.05) is 13.7 Å². The Bertz CT molecular complexity index is 460. The number of hydrogen-bond donors (Lipinski definition) is 1. The molecule has 0 radical (unpaired) electrons. The molecule has 0 aliphatic heterocycles. The first-order valence-electron chi connectivity index (χ1n) is 7.38. The number of methoxy groups -OCH3 is 1. The summed E-state index contributed by atoms with van der Waals surface area (Å²) >= 11 is 0. The van der Waals surface area contributed by atoms with Crippen LogP contribution in [-0.4, -0.2) is 25.7 Å². The van der Waals surface area contributed by atoms with Crippen molar-refractivity contribution in [1.82, 2.24) is 5.32 Å². The number of rotatable bonds is 7. The molecular formula is C17H27NO3. The molecule has 118 valence electrons. The highest BCUT2D eigenvalue weighted by molar-refractivity contribution is 5.71. The Morgan fingerprint density at radius 1 is 1.19 bits per heavy atom. The van der Waals surface area contributed by atoms with E-state index in [1.165, 1.54) is 12.7 Å². The van der Waals surface area contributed by atoms with Crippen LogP contribution in [0.25, 0.3) is 0 Å². The number of carbonyl (C=O) groups is 1. The monoisotopic (exact) mass is 293 g/mol. The average Bonchev–Trinajstić information content (AvgIpc) is 2.43. The molecule has 1 aromatic carbocycles. The van der Waals surface area contributed by atoms with Crippen LogP contribution >= 0.6 is 0 Å². The van der Waals surface area contributed by atoms with Crippen LogP contribution in [0.5, 0.6) is 5.75 Å². The molecule has 0 saturated carbocycles. The van der Waals surface area contributed by atoms with Gasteiger partial charge in [-0.25, -0.2) is 4.79 Å². The maximum Gasteiger partial charge on any atom is 0.343 e. The minimum absolute atomic E-state index is 0.0554. The Morgan fingerprint density at radius 2 is 1.76 bits per heavy atom. The van der Waals surface area contributed by atoms with Gasteiger partial charge in [-0.1, -0.05) is 26.0 Å². The van der Waals surface area contributed by atoms with Crippen LogP contribution in [0, 0.1) is 19.8 Å². The van der Waals surface area contributed by atoms with E-state index in [-0.39, 0.29) is 12.6 Å². The molecular weight excluding hydrogens is 266 g/mol. The van der Waals surface area contributed by atoms with E-state index in [0.717, 1.165) is 23.4 Å². The Hall–Kier alpha value is -1.55. The fourth-order valence-electron chi connectivity index (χ4n) is 2.07. The van der Waals surface area contributed by atoms with Gasteiger partial charge in [0.25, 0.3) is 0 Å². The van der Waals surface area contributed by atoms with E-state index in [9.17, 15) is 4.79 Å². The second-order valence-corrected chi connectivity index (χ2v) is 5.84. The third-order valence-corrected chi connectivity index (χ3v) is 3.71. The van der Waals surface area contributed by atoms with E-state index >= 15 is 0 Å². The van der Waals surface area contributed by atoms with Crippen molar-refractivity contribution in [1.29, 1.82) is 0 Å². The maximum absolute atomic E-state index is 11.2. The van der Waals surface area contributed by atoms with E-state index in [1.54, 1.807) is 0 Å². The van der Waals surface area contributed by atoms with Crippen LogP contribution in [0.2, 0.25) is 0 Å². The normalized spacial score (nSPS) is 12.3. The third-order valence-electron chi connectivity index (χ3n) is 3.71. The van der Waals surface area contributed by atoms with Gasteiger partial charge in [0, 0.05) is 12.6 Å². The summed E-state index contributed by atoms with van der Waals surface area (Å²) in [5.74, 6) is 1.00. The molecule has 1 aromatic rings. The standard InChI is InChI=1S/C17H27NO3/c1-11(2)14(5)18-9-15-7-12(3)17(13(4)8-15)21-10-16(19)20-6/h7-8,11,14,18H,9-10H2,1-6H3. The van der Waals surface area contributed by atoms with Gasteiger partial charge in [0.2, 0.25) is 0 Å². The number of benzene rings is 1. The molecule has 4 heteroatoms. The molecule has 0 aliphatic rings. The topological polar surface area (TPSA) is 47.6 Å². The van der Waals surface area contributed by atoms with Crippen molar-refractivity contribution in [3.8, 4) is 5.75 Å². The van der Waals surface area contributed by atoms with Crippen molar-refractivity contribution in [2.24, 2.45) is 5.92 Å². The summed E-state index contributed by atoms with van der Waals surface area (Å²) in [7, 11) is 1.36. The Balaban J connectivity index is 2.73. The fourth-order valence-corrected chi connectivity index (χ4v) is 2.07. The van der Waals surface area contributed by atoms with Gasteiger partial charge in [-0.2, -0.15) is 0 Å². The third kappa shape index (κ3) is 5.38. The molecule has 4 nitrogen and oxygen atoms in total. The Labute approximate surface area is 127 Å². The molecule has 0 amide bonds. The molecule has 0 aliphatic carbocycles. The van der Waals surface area contributed by atoms with E-state index in [0.29, 0.717) is 12.0 Å². The molecule has 0 saturated heterocycles. The number of carbonyl (C=O) groups excluding carboxylic acids is 1. The summed E-state index contributed by atoms with van der Waals surface area (Å²) in [6, 6.07) is 4.67. The largest absolute Gasteiger partial charge is 0.481 e. The lowest BCUT2D eigenvalue weighted by Gasteiger charge is -2.19. The van der Waals surface area contributed by atoms with Gasteiger partial charge in [-0.05, 0) is 43.4 Å². The number of esters is 1. The molecule has 0 bridgehead atoms. The van der Waals surface area contributed by atoms with E-state index in [1.807, 2.05) is 13.8 Å². The highest BCUT2D eigenvalue weighted by atomic mass is 16.6. The molecule has 21 heavy (non-hydrogen) atoms. The predicted molar refractivity (Wildman–Crippen MR) is 84.6 cm³/mol. The molecule has 1 rings (SSSR count). The zero-order chi connectivity index (χ0) is 16.0. The highest BCUT2D eigenvalue weighted by Gasteiger charge is 2.11. The van der Waals surface area contributed by atoms with Gasteiger partial charge in [-0.3, -0.25) is 0 Å². The minimum atomic E-state index is -0.370. The second-order valence-electron chi connectivity index (χ2n) is 5.84. The first kappa shape index (κ1) is 17.5. The van der Waals surface area contributed by atoms with Gasteiger partial charge >= 0.3 is 5.97 Å². The average molecular weight is 293 g/mol. The van der Waals surface area contributed by atoms with Crippen molar-refractivity contribution < 1.29 is 14.3 Å². The van der Waals surface area contributed by atoms with Crippen LogP contribution in [0.3, 0.4) is 0 Å². The maximum atomic E-state index is 11.2. The van der Waals surface area contributed by atoms with E-state index < -0.39 is 0 Å². The number of hydrogen-bond acceptors (Lipinski definition) is 4. The van der Waals surface area contributed by atoms with Crippen molar-refractivity contribution >= 4 is 5.97 Å². The van der Waals surface area contributed by atoms with Gasteiger partial charge in [0.15, 0.2) is 6.61 Å². The van der Waals surface area contributed by atoms with Crippen LogP contribution in [-0.2, 0) is 16.1 Å². The summed E-state index contributed by atoms with van der Waals surface area (Å²) in [4.78, 5) is 11.2. The molecule has 1 unspecified atom stereocenters. The molecule has 1 atom stereocenters. The first-order valence-corrected chi connectivity index (χ1v) is 7.38. The van der Waals surface area contributed by atoms with Gasteiger partial charge in [0.1, 0.15) is 5.75 Å². The summed E-state index contributed by atoms with van der Waals surface area (Å²) < 4.78 is 10.1. The van der Waals surface area contributed by atoms with Crippen LogP contribution < -0.4 is 10.1 Å². The Morgan fingerprint density at radius 3 is 2.24 bits per heavy atom. The number of nitrogens with one attached hydrogen (secondary N) is 1. The van der Waals surface area contributed by atoms with Crippen molar-refractivity contribution in [3.05, 3.63) is 28.8 Å². The zero-order valence-electron chi connectivity index (χ0n) is 13.9. The van der Waals surface area contributed by atoms with Crippen molar-refractivity contribution in [2.45, 2.75) is 47.2 Å². The first-order chi connectivity index (χ1) is 9.85. The summed E-state index contributed by atoms with van der Waals surface area (Å²) in [6.07, 6.45) is 0. The van der Waals surface area contributed by atoms with E-state index in [4.69, 9.17) is 4.74 Å². The summed E-state index contributed by atoms with van der Waals surface area (Å²) in [5.41, 5.74) is 3.30. The molecule has 0 spiro atoms. The van der Waals surface area contributed by atoms with Crippen LogP contribution in [0.4, 0.5) is 0 Å². The smallest absolute Gasteiger partial charge is 0.343 e. The SMILES string of the molecule is COC(=O)COc1c(C)cc(CNC(C)C(C)C)cc1C. The zero-order valence-corrected chi connectivity index (χ0v) is 13.9. The second kappa shape index (κ2) is 8.03. The van der Waals surface area contributed by atoms with Gasteiger partial charge < -0.3 is 14.8 Å². The number of ether oxygens (including phenoxy) is 2. The predicted octanol–water partition coefficient (Wildman–Crippen LogP) is 2.99. The lowest BCUT2D eigenvalue weighted by molar-refractivity contribution is -0.142. The summed E-state index contributed by atoms with van der Waals surface area (Å²) in [6.45, 7) is 11.4. The molecule has 1 N–H and O–H groups in total. The van der Waals surface area contributed by atoms with Crippen LogP contribution in [0.1, 0.15) is 37.5 Å². The van der Waals surface area contributed by atoms with Gasteiger partial charge in [0.05, 0.1) is 7.11 Å². The van der Waals surface area contributed by atoms with Crippen LogP contribution in [0.15, 0.2) is 12.1 Å². The quantitative estimate of drug-likeness (QED) is 0.785. The lowest BCUT2D eigenvalue weighted by atomic mass is 10.0. The lowest BCUT2D eigenvalue weighted by Crippen LogP contribution is -2.30. The van der Waals surface area contributed by atoms with Gasteiger partial charge in [-0.15, -0.1) is 0 Å². The Kier molecular flexibility index (Phi) is 6.69. The number of aryl methyl sites for hydroxylation is 2. The molecule has 0 fully saturated rings.